The smallest absolute Gasteiger partial charge is 0.290 e. The van der Waals surface area contributed by atoms with Crippen LogP contribution in [0, 0.1) is 17.8 Å². The van der Waals surface area contributed by atoms with Crippen molar-refractivity contribution in [2.24, 2.45) is 23.5 Å². The first kappa shape index (κ1) is 32.0. The van der Waals surface area contributed by atoms with Crippen LogP contribution in [0.3, 0.4) is 0 Å². The Morgan fingerprint density at radius 2 is 1.69 bits per heavy atom. The van der Waals surface area contributed by atoms with Gasteiger partial charge in [-0.1, -0.05) is 57.5 Å². The third kappa shape index (κ3) is 8.11. The molecule has 11 heteroatoms. The number of likely N-dealkylation sites (tertiary alicyclic amines) is 2. The lowest BCUT2D eigenvalue weighted by Crippen LogP contribution is -2.61. The van der Waals surface area contributed by atoms with E-state index in [-0.39, 0.29) is 29.4 Å². The minimum absolute atomic E-state index is 0.00208. The molecule has 3 fully saturated rings. The van der Waals surface area contributed by atoms with E-state index in [1.165, 1.54) is 18.7 Å². The van der Waals surface area contributed by atoms with Gasteiger partial charge in [0, 0.05) is 25.7 Å². The lowest BCUT2D eigenvalue weighted by Gasteiger charge is -2.42. The van der Waals surface area contributed by atoms with E-state index in [2.05, 4.69) is 15.8 Å². The summed E-state index contributed by atoms with van der Waals surface area (Å²) in [4.78, 5) is 58.1. The maximum absolute atomic E-state index is 14.2. The highest BCUT2D eigenvalue weighted by Crippen LogP contribution is 2.28. The number of piperidine rings is 2. The molecular weight excluding hydrogens is 536 g/mol. The topological polar surface area (TPSA) is 151 Å². The first-order chi connectivity index (χ1) is 20.3. The Balaban J connectivity index is 1.49. The van der Waals surface area contributed by atoms with E-state index < -0.39 is 24.0 Å². The molecule has 11 nitrogen and oxygen atoms in total. The molecule has 42 heavy (non-hydrogen) atoms. The van der Waals surface area contributed by atoms with Gasteiger partial charge in [-0.2, -0.15) is 0 Å². The molecule has 0 radical (unpaired) electrons. The third-order valence-electron chi connectivity index (χ3n) is 9.68. The van der Waals surface area contributed by atoms with E-state index in [1.807, 2.05) is 18.7 Å². The third-order valence-corrected chi connectivity index (χ3v) is 9.68. The summed E-state index contributed by atoms with van der Waals surface area (Å²) in [6.45, 7) is 6.39. The molecule has 3 heterocycles. The molecule has 4 rings (SSSR count). The standard InChI is InChI=1S/C31H50N6O5/c1-3-21(2)27(31(41)37-16-8-7-11-25(37)30(40)36-17-13-23(20-32)14-18-36)35-28(38)24(19-22-9-5-4-6-10-22)34-29(39)26-12-15-33-42-26/h12,15,21-25,27H,3-11,13-14,16-20,32H2,1-2H3,(H,34,39)(H,35,38)/t21-,24-,25?,27-/m0/s1. The highest BCUT2D eigenvalue weighted by atomic mass is 16.5. The van der Waals surface area contributed by atoms with Crippen LogP contribution in [0.1, 0.15) is 101 Å². The van der Waals surface area contributed by atoms with Crippen molar-refractivity contribution in [3.63, 3.8) is 0 Å². The zero-order valence-corrected chi connectivity index (χ0v) is 25.4. The van der Waals surface area contributed by atoms with Crippen molar-refractivity contribution in [1.29, 1.82) is 0 Å². The summed E-state index contributed by atoms with van der Waals surface area (Å²) >= 11 is 0. The Labute approximate surface area is 249 Å². The number of nitrogens with zero attached hydrogens (tertiary/aromatic N) is 3. The molecule has 1 saturated carbocycles. The summed E-state index contributed by atoms with van der Waals surface area (Å²) in [5, 5.41) is 9.48. The Bertz CT molecular complexity index is 1030. The van der Waals surface area contributed by atoms with E-state index in [4.69, 9.17) is 10.3 Å². The Kier molecular flexibility index (Phi) is 11.8. The number of nitrogens with one attached hydrogen (secondary N) is 2. The van der Waals surface area contributed by atoms with Crippen LogP contribution in [-0.2, 0) is 14.4 Å². The summed E-state index contributed by atoms with van der Waals surface area (Å²) in [5.74, 6) is -0.460. The molecule has 234 valence electrons. The predicted molar refractivity (Wildman–Crippen MR) is 158 cm³/mol. The summed E-state index contributed by atoms with van der Waals surface area (Å²) in [6.07, 6.45) is 12.1. The minimum atomic E-state index is -0.812. The molecule has 4 atom stereocenters. The number of nitrogens with two attached hydrogens (primary N) is 1. The first-order valence-corrected chi connectivity index (χ1v) is 16.1. The molecule has 2 aliphatic heterocycles. The lowest BCUT2D eigenvalue weighted by molar-refractivity contribution is -0.151. The van der Waals surface area contributed by atoms with Crippen molar-refractivity contribution in [1.82, 2.24) is 25.6 Å². The monoisotopic (exact) mass is 586 g/mol. The van der Waals surface area contributed by atoms with Crippen LogP contribution < -0.4 is 16.4 Å². The molecule has 1 aliphatic carbocycles. The number of carbonyl (C=O) groups is 4. The van der Waals surface area contributed by atoms with Gasteiger partial charge in [0.15, 0.2) is 0 Å². The highest BCUT2D eigenvalue weighted by Gasteiger charge is 2.40. The predicted octanol–water partition coefficient (Wildman–Crippen LogP) is 2.85. The molecule has 1 aromatic rings. The molecule has 3 aliphatic rings. The minimum Gasteiger partial charge on any atom is -0.351 e. The summed E-state index contributed by atoms with van der Waals surface area (Å²) in [7, 11) is 0. The second-order valence-corrected chi connectivity index (χ2v) is 12.6. The summed E-state index contributed by atoms with van der Waals surface area (Å²) < 4.78 is 5.02. The zero-order valence-electron chi connectivity index (χ0n) is 25.4. The van der Waals surface area contributed by atoms with E-state index in [9.17, 15) is 19.2 Å². The number of hydrogen-bond donors (Lipinski definition) is 3. The van der Waals surface area contributed by atoms with E-state index in [0.29, 0.717) is 57.3 Å². The van der Waals surface area contributed by atoms with Crippen molar-refractivity contribution < 1.29 is 23.7 Å². The second-order valence-electron chi connectivity index (χ2n) is 12.6. The number of carbonyl (C=O) groups excluding carboxylic acids is 4. The van der Waals surface area contributed by atoms with Crippen LogP contribution in [0.5, 0.6) is 0 Å². The summed E-state index contributed by atoms with van der Waals surface area (Å²) in [5.41, 5.74) is 5.85. The van der Waals surface area contributed by atoms with E-state index in [1.54, 1.807) is 4.90 Å². The molecule has 1 aromatic heterocycles. The van der Waals surface area contributed by atoms with Gasteiger partial charge in [0.2, 0.25) is 23.5 Å². The van der Waals surface area contributed by atoms with Gasteiger partial charge in [-0.15, -0.1) is 0 Å². The lowest BCUT2D eigenvalue weighted by atomic mass is 9.84. The number of hydrogen-bond acceptors (Lipinski definition) is 7. The van der Waals surface area contributed by atoms with Gasteiger partial charge >= 0.3 is 0 Å². The second kappa shape index (κ2) is 15.5. The van der Waals surface area contributed by atoms with Crippen LogP contribution in [0.4, 0.5) is 0 Å². The van der Waals surface area contributed by atoms with Gasteiger partial charge in [-0.05, 0) is 62.8 Å². The normalized spacial score (nSPS) is 22.7. The quantitative estimate of drug-likeness (QED) is 0.361. The molecule has 1 unspecified atom stereocenters. The average Bonchev–Trinajstić information content (AvgIpc) is 3.58. The Morgan fingerprint density at radius 1 is 0.976 bits per heavy atom. The fraction of sp³-hybridized carbons (Fsp3) is 0.774. The maximum Gasteiger partial charge on any atom is 0.290 e. The van der Waals surface area contributed by atoms with Crippen molar-refractivity contribution >= 4 is 23.6 Å². The molecule has 0 aromatic carbocycles. The van der Waals surface area contributed by atoms with Gasteiger partial charge in [0.05, 0.1) is 6.20 Å². The largest absolute Gasteiger partial charge is 0.351 e. The summed E-state index contributed by atoms with van der Waals surface area (Å²) in [6, 6.07) is -0.668. The molecular formula is C31H50N6O5. The number of aromatic nitrogens is 1. The van der Waals surface area contributed by atoms with Gasteiger partial charge in [-0.3, -0.25) is 19.2 Å². The van der Waals surface area contributed by atoms with Gasteiger partial charge in [-0.25, -0.2) is 0 Å². The Morgan fingerprint density at radius 3 is 2.33 bits per heavy atom. The molecule has 4 N–H and O–H groups in total. The van der Waals surface area contributed by atoms with Crippen LogP contribution in [0.15, 0.2) is 16.8 Å². The molecule has 2 saturated heterocycles. The fourth-order valence-corrected chi connectivity index (χ4v) is 6.72. The van der Waals surface area contributed by atoms with Crippen molar-refractivity contribution in [3.05, 3.63) is 18.0 Å². The Hall–Kier alpha value is -2.95. The fourth-order valence-electron chi connectivity index (χ4n) is 6.72. The molecule has 4 amide bonds. The first-order valence-electron chi connectivity index (χ1n) is 16.1. The van der Waals surface area contributed by atoms with Crippen LogP contribution in [0.25, 0.3) is 0 Å². The van der Waals surface area contributed by atoms with E-state index >= 15 is 0 Å². The zero-order chi connectivity index (χ0) is 30.1. The van der Waals surface area contributed by atoms with Crippen LogP contribution >= 0.6 is 0 Å². The van der Waals surface area contributed by atoms with Crippen LogP contribution in [-0.4, -0.2) is 82.9 Å². The van der Waals surface area contributed by atoms with Gasteiger partial charge < -0.3 is 30.7 Å². The van der Waals surface area contributed by atoms with Crippen molar-refractivity contribution in [2.45, 2.75) is 109 Å². The molecule has 0 spiro atoms. The molecule has 0 bridgehead atoms. The van der Waals surface area contributed by atoms with Gasteiger partial charge in [0.1, 0.15) is 18.1 Å². The van der Waals surface area contributed by atoms with Gasteiger partial charge in [0.25, 0.3) is 5.91 Å². The average molecular weight is 587 g/mol. The van der Waals surface area contributed by atoms with Crippen LogP contribution in [0.2, 0.25) is 0 Å². The number of rotatable bonds is 11. The highest BCUT2D eigenvalue weighted by molar-refractivity contribution is 5.97. The van der Waals surface area contributed by atoms with Crippen molar-refractivity contribution in [2.75, 3.05) is 26.2 Å². The number of amides is 4. The van der Waals surface area contributed by atoms with Crippen molar-refractivity contribution in [3.8, 4) is 0 Å². The van der Waals surface area contributed by atoms with E-state index in [0.717, 1.165) is 51.4 Å². The SMILES string of the molecule is CC[C@H](C)[C@H](NC(=O)[C@H](CC1CCCCC1)NC(=O)c1ccno1)C(=O)N1CCCCC1C(=O)N1CCC(CN)CC1. The maximum atomic E-state index is 14.2.